The second kappa shape index (κ2) is 7.75. The number of benzene rings is 1. The van der Waals surface area contributed by atoms with Crippen molar-refractivity contribution >= 4 is 11.6 Å². The summed E-state index contributed by atoms with van der Waals surface area (Å²) in [7, 11) is 3.19. The molecule has 0 saturated heterocycles. The summed E-state index contributed by atoms with van der Waals surface area (Å²) in [6.45, 7) is 5.86. The third kappa shape index (κ3) is 4.42. The first-order chi connectivity index (χ1) is 9.49. The average molecular weight is 280 g/mol. The number of rotatable bonds is 7. The Morgan fingerprint density at radius 2 is 2.05 bits per heavy atom. The van der Waals surface area contributed by atoms with Crippen LogP contribution in [0.4, 0.5) is 5.69 Å². The molecule has 112 valence electrons. The Morgan fingerprint density at radius 3 is 2.60 bits per heavy atom. The van der Waals surface area contributed by atoms with Gasteiger partial charge in [0.05, 0.1) is 19.3 Å². The molecule has 0 unspecified atom stereocenters. The van der Waals surface area contributed by atoms with Crippen LogP contribution in [0.5, 0.6) is 5.75 Å². The third-order valence-electron chi connectivity index (χ3n) is 2.93. The van der Waals surface area contributed by atoms with Crippen LogP contribution in [0.25, 0.3) is 0 Å². The maximum atomic E-state index is 12.6. The highest BCUT2D eigenvalue weighted by Gasteiger charge is 2.19. The van der Waals surface area contributed by atoms with Crippen LogP contribution in [0.1, 0.15) is 24.2 Å². The van der Waals surface area contributed by atoms with Crippen LogP contribution < -0.4 is 10.5 Å². The monoisotopic (exact) mass is 280 g/mol. The first kappa shape index (κ1) is 16.3. The van der Waals surface area contributed by atoms with Crippen molar-refractivity contribution in [1.29, 1.82) is 0 Å². The molecule has 0 aliphatic carbocycles. The third-order valence-corrected chi connectivity index (χ3v) is 2.93. The highest BCUT2D eigenvalue weighted by Crippen LogP contribution is 2.21. The maximum Gasteiger partial charge on any atom is 0.256 e. The minimum Gasteiger partial charge on any atom is -0.497 e. The lowest BCUT2D eigenvalue weighted by Gasteiger charge is -2.25. The summed E-state index contributed by atoms with van der Waals surface area (Å²) in [5, 5.41) is 0. The predicted molar refractivity (Wildman–Crippen MR) is 80.0 cm³/mol. The lowest BCUT2D eigenvalue weighted by atomic mass is 10.1. The van der Waals surface area contributed by atoms with Gasteiger partial charge in [-0.1, -0.05) is 13.8 Å². The Kier molecular flexibility index (Phi) is 6.31. The van der Waals surface area contributed by atoms with Crippen LogP contribution in [-0.4, -0.2) is 44.7 Å². The minimum atomic E-state index is -0.0906. The van der Waals surface area contributed by atoms with E-state index in [1.807, 2.05) is 0 Å². The topological polar surface area (TPSA) is 64.8 Å². The van der Waals surface area contributed by atoms with Crippen molar-refractivity contribution in [2.45, 2.75) is 13.8 Å². The molecule has 5 nitrogen and oxygen atoms in total. The zero-order valence-electron chi connectivity index (χ0n) is 12.7. The highest BCUT2D eigenvalue weighted by molar-refractivity contribution is 5.99. The quantitative estimate of drug-likeness (QED) is 0.776. The Labute approximate surface area is 120 Å². The summed E-state index contributed by atoms with van der Waals surface area (Å²) >= 11 is 0. The van der Waals surface area contributed by atoms with E-state index in [1.165, 1.54) is 0 Å². The molecule has 0 aliphatic rings. The van der Waals surface area contributed by atoms with Gasteiger partial charge in [-0.2, -0.15) is 0 Å². The molecule has 0 saturated carbocycles. The van der Waals surface area contributed by atoms with Gasteiger partial charge in [-0.05, 0) is 24.1 Å². The van der Waals surface area contributed by atoms with Gasteiger partial charge in [0, 0.05) is 25.9 Å². The van der Waals surface area contributed by atoms with E-state index >= 15 is 0 Å². The normalized spacial score (nSPS) is 10.7. The number of nitrogen functional groups attached to an aromatic ring is 1. The maximum absolute atomic E-state index is 12.6. The standard InChI is InChI=1S/C15H24N2O3/c1-11(2)10-17(7-8-19-3)15(18)13-9-12(20-4)5-6-14(13)16/h5-6,9,11H,7-8,10,16H2,1-4H3. The summed E-state index contributed by atoms with van der Waals surface area (Å²) in [5.41, 5.74) is 6.84. The number of anilines is 1. The van der Waals surface area contributed by atoms with Crippen molar-refractivity contribution in [3.63, 3.8) is 0 Å². The van der Waals surface area contributed by atoms with Crippen LogP contribution in [0.3, 0.4) is 0 Å². The molecule has 2 N–H and O–H groups in total. The zero-order chi connectivity index (χ0) is 15.1. The molecule has 20 heavy (non-hydrogen) atoms. The SMILES string of the molecule is COCCN(CC(C)C)C(=O)c1cc(OC)ccc1N. The van der Waals surface area contributed by atoms with Crippen molar-refractivity contribution < 1.29 is 14.3 Å². The van der Waals surface area contributed by atoms with Gasteiger partial charge in [-0.15, -0.1) is 0 Å². The van der Waals surface area contributed by atoms with E-state index in [1.54, 1.807) is 37.3 Å². The van der Waals surface area contributed by atoms with Gasteiger partial charge < -0.3 is 20.1 Å². The number of carbonyl (C=O) groups is 1. The Bertz CT molecular complexity index is 447. The smallest absolute Gasteiger partial charge is 0.256 e. The Hall–Kier alpha value is -1.75. The Balaban J connectivity index is 2.97. The molecule has 0 fully saturated rings. The second-order valence-corrected chi connectivity index (χ2v) is 5.09. The summed E-state index contributed by atoms with van der Waals surface area (Å²) in [5.74, 6) is 0.911. The molecule has 0 aliphatic heterocycles. The molecular weight excluding hydrogens is 256 g/mol. The summed E-state index contributed by atoms with van der Waals surface area (Å²) < 4.78 is 10.2. The van der Waals surface area contributed by atoms with E-state index in [0.717, 1.165) is 0 Å². The molecule has 5 heteroatoms. The molecule has 0 aromatic heterocycles. The summed E-state index contributed by atoms with van der Waals surface area (Å²) in [6, 6.07) is 5.11. The molecule has 1 rings (SSSR count). The van der Waals surface area contributed by atoms with E-state index in [0.29, 0.717) is 42.6 Å². The van der Waals surface area contributed by atoms with Crippen LogP contribution >= 0.6 is 0 Å². The van der Waals surface area contributed by atoms with Gasteiger partial charge in [0.1, 0.15) is 5.75 Å². The molecule has 1 amide bonds. The lowest BCUT2D eigenvalue weighted by Crippen LogP contribution is -2.37. The van der Waals surface area contributed by atoms with E-state index in [-0.39, 0.29) is 5.91 Å². The van der Waals surface area contributed by atoms with Gasteiger partial charge in [0.2, 0.25) is 0 Å². The molecule has 1 aromatic rings. The molecule has 0 radical (unpaired) electrons. The molecule has 0 spiro atoms. The number of carbonyl (C=O) groups excluding carboxylic acids is 1. The van der Waals surface area contributed by atoms with Crippen LogP contribution in [0.15, 0.2) is 18.2 Å². The highest BCUT2D eigenvalue weighted by atomic mass is 16.5. The number of methoxy groups -OCH3 is 2. The second-order valence-electron chi connectivity index (χ2n) is 5.09. The van der Waals surface area contributed by atoms with E-state index in [9.17, 15) is 4.79 Å². The number of amides is 1. The number of nitrogens with zero attached hydrogens (tertiary/aromatic N) is 1. The van der Waals surface area contributed by atoms with Crippen LogP contribution in [0, 0.1) is 5.92 Å². The first-order valence-corrected chi connectivity index (χ1v) is 6.71. The first-order valence-electron chi connectivity index (χ1n) is 6.71. The zero-order valence-corrected chi connectivity index (χ0v) is 12.7. The van der Waals surface area contributed by atoms with Gasteiger partial charge >= 0.3 is 0 Å². The molecule has 1 aromatic carbocycles. The average Bonchev–Trinajstić information content (AvgIpc) is 2.43. The van der Waals surface area contributed by atoms with Crippen molar-refractivity contribution in [2.75, 3.05) is 39.6 Å². The molecule has 0 heterocycles. The van der Waals surface area contributed by atoms with Crippen molar-refractivity contribution in [3.8, 4) is 5.75 Å². The van der Waals surface area contributed by atoms with E-state index in [2.05, 4.69) is 13.8 Å². The fourth-order valence-corrected chi connectivity index (χ4v) is 1.94. The Morgan fingerprint density at radius 1 is 1.35 bits per heavy atom. The van der Waals surface area contributed by atoms with Crippen LogP contribution in [0.2, 0.25) is 0 Å². The summed E-state index contributed by atoms with van der Waals surface area (Å²) in [4.78, 5) is 14.4. The molecule has 0 bridgehead atoms. The van der Waals surface area contributed by atoms with Crippen molar-refractivity contribution in [3.05, 3.63) is 23.8 Å². The fourth-order valence-electron chi connectivity index (χ4n) is 1.94. The number of hydrogen-bond acceptors (Lipinski definition) is 4. The van der Waals surface area contributed by atoms with E-state index < -0.39 is 0 Å². The fraction of sp³-hybridized carbons (Fsp3) is 0.533. The summed E-state index contributed by atoms with van der Waals surface area (Å²) in [6.07, 6.45) is 0. The molecule has 0 atom stereocenters. The minimum absolute atomic E-state index is 0.0906. The van der Waals surface area contributed by atoms with Gasteiger partial charge in [-0.25, -0.2) is 0 Å². The largest absolute Gasteiger partial charge is 0.497 e. The van der Waals surface area contributed by atoms with Crippen molar-refractivity contribution in [2.24, 2.45) is 5.92 Å². The van der Waals surface area contributed by atoms with Gasteiger partial charge in [-0.3, -0.25) is 4.79 Å². The van der Waals surface area contributed by atoms with Gasteiger partial charge in [0.15, 0.2) is 0 Å². The molecular formula is C15H24N2O3. The predicted octanol–water partition coefficient (Wildman–Crippen LogP) is 2.02. The van der Waals surface area contributed by atoms with Gasteiger partial charge in [0.25, 0.3) is 5.91 Å². The number of nitrogens with two attached hydrogens (primary N) is 1. The van der Waals surface area contributed by atoms with Crippen molar-refractivity contribution in [1.82, 2.24) is 4.90 Å². The van der Waals surface area contributed by atoms with Crippen LogP contribution in [-0.2, 0) is 4.74 Å². The number of ether oxygens (including phenoxy) is 2. The lowest BCUT2D eigenvalue weighted by molar-refractivity contribution is 0.0673. The van der Waals surface area contributed by atoms with E-state index in [4.69, 9.17) is 15.2 Å². The number of hydrogen-bond donors (Lipinski definition) is 1.